The Labute approximate surface area is 239 Å². The van der Waals surface area contributed by atoms with Crippen LogP contribution in [-0.2, 0) is 26.2 Å². The number of halogens is 1. The molecule has 3 aromatic carbocycles. The minimum atomic E-state index is -4.30. The summed E-state index contributed by atoms with van der Waals surface area (Å²) in [4.78, 5) is 27.6. The predicted molar refractivity (Wildman–Crippen MR) is 153 cm³/mol. The van der Waals surface area contributed by atoms with E-state index in [0.717, 1.165) is 9.87 Å². The zero-order valence-electron chi connectivity index (χ0n) is 22.9. The van der Waals surface area contributed by atoms with Crippen LogP contribution in [0.5, 0.6) is 17.2 Å². The summed E-state index contributed by atoms with van der Waals surface area (Å²) >= 11 is 6.05. The molecule has 0 heterocycles. The number of methoxy groups -OCH3 is 3. The van der Waals surface area contributed by atoms with Crippen LogP contribution in [0.3, 0.4) is 0 Å². The molecule has 0 fully saturated rings. The summed E-state index contributed by atoms with van der Waals surface area (Å²) in [7, 11) is 1.55. The van der Waals surface area contributed by atoms with Gasteiger partial charge >= 0.3 is 0 Å². The monoisotopic (exact) mass is 589 g/mol. The van der Waals surface area contributed by atoms with E-state index in [0.29, 0.717) is 16.5 Å². The van der Waals surface area contributed by atoms with Gasteiger partial charge in [-0.25, -0.2) is 8.42 Å². The number of nitrogens with one attached hydrogen (secondary N) is 1. The molecule has 0 aliphatic carbocycles. The van der Waals surface area contributed by atoms with Gasteiger partial charge in [0.25, 0.3) is 10.0 Å². The lowest BCUT2D eigenvalue weighted by Crippen LogP contribution is -2.50. The van der Waals surface area contributed by atoms with E-state index in [1.165, 1.54) is 68.6 Å². The number of likely N-dealkylation sites (N-methyl/N-ethyl adjacent to an activating group) is 1. The van der Waals surface area contributed by atoms with Crippen LogP contribution in [0, 0.1) is 0 Å². The molecule has 0 spiro atoms. The molecule has 12 heteroatoms. The van der Waals surface area contributed by atoms with Gasteiger partial charge in [0, 0.05) is 24.7 Å². The third kappa shape index (κ3) is 6.97. The number of ether oxygens (including phenoxy) is 3. The maximum absolute atomic E-state index is 14.0. The van der Waals surface area contributed by atoms with Crippen LogP contribution in [0.25, 0.3) is 0 Å². The molecule has 2 amide bonds. The number of carbonyl (C=O) groups is 2. The Morgan fingerprint density at radius 1 is 0.900 bits per heavy atom. The molecule has 0 aliphatic heterocycles. The highest BCUT2D eigenvalue weighted by Gasteiger charge is 2.33. The van der Waals surface area contributed by atoms with E-state index in [1.807, 2.05) is 0 Å². The van der Waals surface area contributed by atoms with Gasteiger partial charge in [0.15, 0.2) is 11.5 Å². The second-order valence-electron chi connectivity index (χ2n) is 8.66. The molecule has 0 unspecified atom stereocenters. The zero-order valence-corrected chi connectivity index (χ0v) is 24.5. The fourth-order valence-electron chi connectivity index (χ4n) is 3.96. The summed E-state index contributed by atoms with van der Waals surface area (Å²) in [6, 6.07) is 16.4. The summed E-state index contributed by atoms with van der Waals surface area (Å²) in [6.45, 7) is 1.05. The Balaban J connectivity index is 2.05. The lowest BCUT2D eigenvalue weighted by atomic mass is 10.1. The SMILES string of the molecule is CNC(=O)[C@H](C)N(Cc1ccc(OC)cc1)C(=O)CN(c1ccc(Cl)cc1)S(=O)(=O)c1ccc(OC)c(OC)c1. The largest absolute Gasteiger partial charge is 0.497 e. The topological polar surface area (TPSA) is 114 Å². The highest BCUT2D eigenvalue weighted by Crippen LogP contribution is 2.32. The number of amides is 2. The smallest absolute Gasteiger partial charge is 0.264 e. The van der Waals surface area contributed by atoms with Gasteiger partial charge in [0.1, 0.15) is 18.3 Å². The summed E-state index contributed by atoms with van der Waals surface area (Å²) in [6.07, 6.45) is 0. The fourth-order valence-corrected chi connectivity index (χ4v) is 5.52. The molecule has 214 valence electrons. The van der Waals surface area contributed by atoms with E-state index >= 15 is 0 Å². The van der Waals surface area contributed by atoms with E-state index in [1.54, 1.807) is 38.3 Å². The molecule has 3 aromatic rings. The van der Waals surface area contributed by atoms with Crippen LogP contribution in [0.15, 0.2) is 71.6 Å². The number of hydrogen-bond donors (Lipinski definition) is 1. The lowest BCUT2D eigenvalue weighted by Gasteiger charge is -2.32. The highest BCUT2D eigenvalue weighted by atomic mass is 35.5. The first-order valence-electron chi connectivity index (χ1n) is 12.2. The molecule has 0 aliphatic rings. The minimum Gasteiger partial charge on any atom is -0.497 e. The summed E-state index contributed by atoms with van der Waals surface area (Å²) < 4.78 is 44.6. The Morgan fingerprint density at radius 2 is 1.52 bits per heavy atom. The molecule has 0 radical (unpaired) electrons. The van der Waals surface area contributed by atoms with Gasteiger partial charge in [-0.2, -0.15) is 0 Å². The maximum atomic E-state index is 14.0. The quantitative estimate of drug-likeness (QED) is 0.342. The van der Waals surface area contributed by atoms with Gasteiger partial charge in [-0.1, -0.05) is 23.7 Å². The zero-order chi connectivity index (χ0) is 29.4. The fraction of sp³-hybridized carbons (Fsp3) is 0.286. The van der Waals surface area contributed by atoms with Crippen molar-refractivity contribution < 1.29 is 32.2 Å². The van der Waals surface area contributed by atoms with Gasteiger partial charge in [-0.3, -0.25) is 13.9 Å². The van der Waals surface area contributed by atoms with E-state index in [2.05, 4.69) is 5.32 Å². The molecule has 10 nitrogen and oxygen atoms in total. The van der Waals surface area contributed by atoms with E-state index in [-0.39, 0.29) is 22.9 Å². The predicted octanol–water partition coefficient (Wildman–Crippen LogP) is 3.72. The van der Waals surface area contributed by atoms with Crippen LogP contribution in [-0.4, -0.2) is 66.1 Å². The number of carbonyl (C=O) groups excluding carboxylic acids is 2. The second-order valence-corrected chi connectivity index (χ2v) is 11.0. The first-order valence-corrected chi connectivity index (χ1v) is 14.0. The van der Waals surface area contributed by atoms with Crippen molar-refractivity contribution in [2.75, 3.05) is 39.2 Å². The summed E-state index contributed by atoms with van der Waals surface area (Å²) in [5, 5.41) is 2.95. The van der Waals surface area contributed by atoms with Gasteiger partial charge in [-0.15, -0.1) is 0 Å². The van der Waals surface area contributed by atoms with Crippen molar-refractivity contribution in [1.82, 2.24) is 10.2 Å². The summed E-state index contributed by atoms with van der Waals surface area (Å²) in [5.74, 6) is 0.199. The third-order valence-electron chi connectivity index (χ3n) is 6.26. The Hall–Kier alpha value is -3.96. The van der Waals surface area contributed by atoms with Gasteiger partial charge < -0.3 is 24.4 Å². The van der Waals surface area contributed by atoms with E-state index < -0.39 is 34.4 Å². The van der Waals surface area contributed by atoms with Crippen LogP contribution in [0.1, 0.15) is 12.5 Å². The van der Waals surface area contributed by atoms with Gasteiger partial charge in [-0.05, 0) is 61.0 Å². The number of sulfonamides is 1. The van der Waals surface area contributed by atoms with Crippen molar-refractivity contribution in [3.63, 3.8) is 0 Å². The normalized spacial score (nSPS) is 11.8. The Kier molecular flexibility index (Phi) is 10.2. The molecule has 0 aromatic heterocycles. The van der Waals surface area contributed by atoms with Gasteiger partial charge in [0.05, 0.1) is 31.9 Å². The summed E-state index contributed by atoms with van der Waals surface area (Å²) in [5.41, 5.74) is 0.940. The molecule has 0 bridgehead atoms. The lowest BCUT2D eigenvalue weighted by molar-refractivity contribution is -0.139. The first kappa shape index (κ1) is 30.6. The number of hydrogen-bond acceptors (Lipinski definition) is 7. The van der Waals surface area contributed by atoms with Crippen LogP contribution in [0.4, 0.5) is 5.69 Å². The molecule has 3 rings (SSSR count). The standard InChI is InChI=1S/C28H32ClN3O7S/c1-19(28(34)30-2)31(17-20-6-12-23(37-3)13-7-20)27(33)18-32(22-10-8-21(29)9-11-22)40(35,36)24-14-15-25(38-4)26(16-24)39-5/h6-16,19H,17-18H2,1-5H3,(H,30,34)/t19-/m0/s1. The van der Waals surface area contributed by atoms with Crippen molar-refractivity contribution in [2.45, 2.75) is 24.4 Å². The van der Waals surface area contributed by atoms with Crippen molar-refractivity contribution in [3.05, 3.63) is 77.3 Å². The molecular formula is C28H32ClN3O7S. The molecule has 0 saturated heterocycles. The second kappa shape index (κ2) is 13.4. The molecule has 1 atom stereocenters. The van der Waals surface area contributed by atoms with Crippen LogP contribution >= 0.6 is 11.6 Å². The molecule has 1 N–H and O–H groups in total. The average Bonchev–Trinajstić information content (AvgIpc) is 2.98. The first-order chi connectivity index (χ1) is 19.0. The van der Waals surface area contributed by atoms with E-state index in [9.17, 15) is 18.0 Å². The number of rotatable bonds is 12. The van der Waals surface area contributed by atoms with Gasteiger partial charge in [0.2, 0.25) is 11.8 Å². The minimum absolute atomic E-state index is 0.0578. The van der Waals surface area contributed by atoms with Crippen LogP contribution < -0.4 is 23.8 Å². The number of nitrogens with zero attached hydrogens (tertiary/aromatic N) is 2. The Bertz CT molecular complexity index is 1430. The molecular weight excluding hydrogens is 558 g/mol. The van der Waals surface area contributed by atoms with Crippen molar-refractivity contribution in [3.8, 4) is 17.2 Å². The van der Waals surface area contributed by atoms with E-state index in [4.69, 9.17) is 25.8 Å². The Morgan fingerprint density at radius 3 is 2.08 bits per heavy atom. The van der Waals surface area contributed by atoms with Crippen molar-refractivity contribution >= 4 is 39.1 Å². The third-order valence-corrected chi connectivity index (χ3v) is 8.28. The highest BCUT2D eigenvalue weighted by molar-refractivity contribution is 7.92. The number of anilines is 1. The van der Waals surface area contributed by atoms with Crippen LogP contribution in [0.2, 0.25) is 5.02 Å². The number of benzene rings is 3. The maximum Gasteiger partial charge on any atom is 0.264 e. The molecule has 0 saturated carbocycles. The van der Waals surface area contributed by atoms with Crippen molar-refractivity contribution in [2.24, 2.45) is 0 Å². The average molecular weight is 590 g/mol. The van der Waals surface area contributed by atoms with Crippen molar-refractivity contribution in [1.29, 1.82) is 0 Å². The molecule has 40 heavy (non-hydrogen) atoms.